The molecule has 0 fully saturated rings. The third-order valence-electron chi connectivity index (χ3n) is 7.24. The van der Waals surface area contributed by atoms with Crippen molar-refractivity contribution in [3.63, 3.8) is 0 Å². The summed E-state index contributed by atoms with van der Waals surface area (Å²) in [5.41, 5.74) is 3.72. The van der Waals surface area contributed by atoms with E-state index in [9.17, 15) is 9.59 Å². The molecule has 2 heterocycles. The summed E-state index contributed by atoms with van der Waals surface area (Å²) in [4.78, 5) is 32.7. The van der Waals surface area contributed by atoms with E-state index in [0.717, 1.165) is 16.7 Å². The molecule has 7 nitrogen and oxygen atoms in total. The third-order valence-corrected chi connectivity index (χ3v) is 8.81. The number of esters is 1. The first kappa shape index (κ1) is 33.3. The van der Waals surface area contributed by atoms with Crippen molar-refractivity contribution in [1.29, 1.82) is 0 Å². The van der Waals surface area contributed by atoms with E-state index in [-0.39, 0.29) is 24.9 Å². The molecule has 3 aromatic carbocycles. The Morgan fingerprint density at radius 1 is 1.09 bits per heavy atom. The quantitative estimate of drug-likeness (QED) is 0.124. The lowest BCUT2D eigenvalue weighted by molar-refractivity contribution is -0.139. The number of ether oxygens (including phenoxy) is 3. The Labute approximate surface area is 281 Å². The van der Waals surface area contributed by atoms with Gasteiger partial charge >= 0.3 is 5.97 Å². The summed E-state index contributed by atoms with van der Waals surface area (Å²) in [5.74, 6) is 0.742. The average Bonchev–Trinajstić information content (AvgIpc) is 3.31. The maximum Gasteiger partial charge on any atom is 0.338 e. The number of rotatable bonds is 11. The van der Waals surface area contributed by atoms with E-state index in [4.69, 9.17) is 42.4 Å². The molecule has 0 saturated heterocycles. The first-order chi connectivity index (χ1) is 22.1. The number of carbonyl (C=O) groups is 1. The van der Waals surface area contributed by atoms with Crippen LogP contribution in [0.2, 0.25) is 10.0 Å². The average molecular weight is 678 g/mol. The van der Waals surface area contributed by atoms with E-state index in [1.165, 1.54) is 11.3 Å². The van der Waals surface area contributed by atoms with Crippen LogP contribution < -0.4 is 24.4 Å². The summed E-state index contributed by atoms with van der Waals surface area (Å²) in [6.07, 6.45) is 4.06. The molecular formula is C36H34Cl2N2O5S. The minimum absolute atomic E-state index is 0.118. The number of fused-ring (bicyclic) bond motifs is 1. The third kappa shape index (κ3) is 7.15. The van der Waals surface area contributed by atoms with Gasteiger partial charge in [0, 0.05) is 21.2 Å². The highest BCUT2D eigenvalue weighted by molar-refractivity contribution is 7.07. The van der Waals surface area contributed by atoms with E-state index >= 15 is 0 Å². The highest BCUT2D eigenvalue weighted by atomic mass is 35.5. The summed E-state index contributed by atoms with van der Waals surface area (Å²) in [6, 6.07) is 17.7. The highest BCUT2D eigenvalue weighted by Crippen LogP contribution is 2.36. The van der Waals surface area contributed by atoms with Crippen LogP contribution in [0.1, 0.15) is 56.0 Å². The van der Waals surface area contributed by atoms with Crippen molar-refractivity contribution in [2.75, 3.05) is 6.61 Å². The van der Waals surface area contributed by atoms with Crippen molar-refractivity contribution in [3.05, 3.63) is 137 Å². The molecule has 0 saturated carbocycles. The number of benzene rings is 3. The summed E-state index contributed by atoms with van der Waals surface area (Å²) in [7, 11) is 0. The maximum atomic E-state index is 14.2. The van der Waals surface area contributed by atoms with Gasteiger partial charge in [-0.15, -0.1) is 6.58 Å². The molecule has 1 aromatic heterocycles. The largest absolute Gasteiger partial charge is 0.491 e. The van der Waals surface area contributed by atoms with E-state index in [1.54, 1.807) is 36.6 Å². The molecule has 0 aliphatic carbocycles. The molecule has 0 amide bonds. The van der Waals surface area contributed by atoms with Crippen LogP contribution in [0.5, 0.6) is 11.5 Å². The van der Waals surface area contributed by atoms with Crippen molar-refractivity contribution < 1.29 is 19.0 Å². The van der Waals surface area contributed by atoms with Crippen LogP contribution in [0.4, 0.5) is 0 Å². The van der Waals surface area contributed by atoms with Gasteiger partial charge in [0.2, 0.25) is 0 Å². The number of hydrogen-bond acceptors (Lipinski definition) is 7. The van der Waals surface area contributed by atoms with Gasteiger partial charge < -0.3 is 14.2 Å². The van der Waals surface area contributed by atoms with Crippen molar-refractivity contribution in [2.24, 2.45) is 4.99 Å². The smallest absolute Gasteiger partial charge is 0.338 e. The van der Waals surface area contributed by atoms with Gasteiger partial charge in [-0.25, -0.2) is 9.79 Å². The number of halogens is 2. The van der Waals surface area contributed by atoms with Crippen LogP contribution in [0.3, 0.4) is 0 Å². The molecule has 0 bridgehead atoms. The second kappa shape index (κ2) is 14.5. The van der Waals surface area contributed by atoms with E-state index in [1.807, 2.05) is 68.5 Å². The van der Waals surface area contributed by atoms with Crippen molar-refractivity contribution in [3.8, 4) is 11.5 Å². The van der Waals surface area contributed by atoms with Gasteiger partial charge in [0.15, 0.2) is 4.80 Å². The van der Waals surface area contributed by atoms with Gasteiger partial charge in [-0.05, 0) is 81.7 Å². The van der Waals surface area contributed by atoms with Crippen molar-refractivity contribution in [2.45, 2.75) is 52.9 Å². The van der Waals surface area contributed by atoms with Crippen molar-refractivity contribution in [1.82, 2.24) is 4.57 Å². The topological polar surface area (TPSA) is 79.1 Å². The molecule has 1 aliphatic rings. The fourth-order valence-electron chi connectivity index (χ4n) is 5.24. The van der Waals surface area contributed by atoms with E-state index in [2.05, 4.69) is 6.58 Å². The highest BCUT2D eigenvalue weighted by Gasteiger charge is 2.35. The molecule has 1 atom stereocenters. The summed E-state index contributed by atoms with van der Waals surface area (Å²) in [5, 5.41) is 1.09. The van der Waals surface area contributed by atoms with Crippen LogP contribution in [-0.2, 0) is 22.6 Å². The first-order valence-electron chi connectivity index (χ1n) is 14.9. The monoisotopic (exact) mass is 676 g/mol. The molecule has 1 aliphatic heterocycles. The van der Waals surface area contributed by atoms with Gasteiger partial charge in [0.05, 0.1) is 28.5 Å². The number of para-hydroxylation sites is 1. The molecule has 0 radical (unpaired) electrons. The molecule has 5 rings (SSSR count). The number of allylic oxidation sites excluding steroid dienone is 2. The lowest BCUT2D eigenvalue weighted by Crippen LogP contribution is -2.40. The number of carbonyl (C=O) groups excluding carboxylic acids is 1. The number of aromatic nitrogens is 1. The van der Waals surface area contributed by atoms with Crippen LogP contribution in [0.15, 0.2) is 94.4 Å². The molecular weight excluding hydrogens is 643 g/mol. The Morgan fingerprint density at radius 2 is 1.87 bits per heavy atom. The molecule has 0 spiro atoms. The van der Waals surface area contributed by atoms with Crippen LogP contribution in [-0.4, -0.2) is 23.2 Å². The van der Waals surface area contributed by atoms with Gasteiger partial charge in [-0.2, -0.15) is 0 Å². The fourth-order valence-corrected chi connectivity index (χ4v) is 6.75. The van der Waals surface area contributed by atoms with E-state index in [0.29, 0.717) is 54.1 Å². The Morgan fingerprint density at radius 3 is 2.59 bits per heavy atom. The molecule has 0 N–H and O–H groups in total. The van der Waals surface area contributed by atoms with Gasteiger partial charge in [-0.3, -0.25) is 9.36 Å². The summed E-state index contributed by atoms with van der Waals surface area (Å²) < 4.78 is 19.7. The maximum absolute atomic E-state index is 14.2. The lowest BCUT2D eigenvalue weighted by Gasteiger charge is -2.26. The second-order valence-corrected chi connectivity index (χ2v) is 12.7. The Kier molecular flexibility index (Phi) is 10.5. The zero-order chi connectivity index (χ0) is 33.0. The Hall–Kier alpha value is -4.11. The number of thiazole rings is 1. The second-order valence-electron chi connectivity index (χ2n) is 10.9. The first-order valence-corrected chi connectivity index (χ1v) is 16.4. The summed E-state index contributed by atoms with van der Waals surface area (Å²) >= 11 is 13.6. The predicted molar refractivity (Wildman–Crippen MR) is 184 cm³/mol. The normalized spacial score (nSPS) is 14.6. The predicted octanol–water partition coefficient (Wildman–Crippen LogP) is 7.20. The van der Waals surface area contributed by atoms with Gasteiger partial charge in [-0.1, -0.05) is 70.9 Å². The minimum atomic E-state index is -0.779. The fraction of sp³-hybridized carbons (Fsp3) is 0.250. The van der Waals surface area contributed by atoms with Crippen LogP contribution in [0.25, 0.3) is 6.08 Å². The minimum Gasteiger partial charge on any atom is -0.491 e. The zero-order valence-electron chi connectivity index (χ0n) is 26.0. The number of nitrogens with zero attached hydrogens (tertiary/aromatic N) is 2. The van der Waals surface area contributed by atoms with Gasteiger partial charge in [0.1, 0.15) is 24.1 Å². The number of hydrogen-bond donors (Lipinski definition) is 0. The molecule has 4 aromatic rings. The van der Waals surface area contributed by atoms with Crippen LogP contribution >= 0.6 is 34.5 Å². The van der Waals surface area contributed by atoms with Crippen LogP contribution in [0, 0.1) is 0 Å². The Balaban J connectivity index is 1.58. The van der Waals surface area contributed by atoms with Crippen molar-refractivity contribution >= 4 is 46.6 Å². The van der Waals surface area contributed by atoms with Gasteiger partial charge in [0.25, 0.3) is 5.56 Å². The zero-order valence-corrected chi connectivity index (χ0v) is 28.3. The standard InChI is InChI=1S/C36H34Cl2N2O5S/c1-6-10-24-17-23(13-16-29(24)44-20-25-14-15-26(37)19-28(25)38)18-31-34(41)40-33(27-11-8-9-12-30(27)45-21(3)4)32(35(42)43-7-2)22(5)39-36(40)46-31/h6,8-9,11-19,21,33H,1,7,10,20H2,2-5H3/b31-18+/t33-/m0/s1. The SMILES string of the molecule is C=CCc1cc(/C=c2/sc3n(c2=O)[C@@H](c2ccccc2OC(C)C)C(C(=O)OCC)=C(C)N=3)ccc1OCc1ccc(Cl)cc1Cl. The summed E-state index contributed by atoms with van der Waals surface area (Å²) in [6.45, 7) is 11.7. The molecule has 46 heavy (non-hydrogen) atoms. The lowest BCUT2D eigenvalue weighted by atomic mass is 9.95. The Bertz CT molecular complexity index is 2010. The molecule has 238 valence electrons. The molecule has 10 heteroatoms. The molecule has 0 unspecified atom stereocenters. The van der Waals surface area contributed by atoms with E-state index < -0.39 is 12.0 Å².